The lowest BCUT2D eigenvalue weighted by atomic mass is 9.90. The number of hydrogen-bond donors (Lipinski definition) is 1. The van der Waals surface area contributed by atoms with Crippen LogP contribution < -0.4 is 0 Å². The zero-order valence-electron chi connectivity index (χ0n) is 16.2. The third-order valence-corrected chi connectivity index (χ3v) is 4.67. The van der Waals surface area contributed by atoms with Gasteiger partial charge < -0.3 is 10.1 Å². The van der Waals surface area contributed by atoms with Crippen molar-refractivity contribution in [1.82, 2.24) is 0 Å². The fourth-order valence-corrected chi connectivity index (χ4v) is 2.92. The van der Waals surface area contributed by atoms with Crippen LogP contribution in [-0.2, 0) is 20.7 Å². The monoisotopic (exact) mass is 405 g/mol. The molecule has 0 spiro atoms. The van der Waals surface area contributed by atoms with Gasteiger partial charge in [0.15, 0.2) is 0 Å². The predicted molar refractivity (Wildman–Crippen MR) is 103 cm³/mol. The quantitative estimate of drug-likeness (QED) is 0.400. The van der Waals surface area contributed by atoms with E-state index in [0.717, 1.165) is 12.0 Å². The summed E-state index contributed by atoms with van der Waals surface area (Å²) < 4.78 is 40.4. The molecule has 0 aromatic heterocycles. The topological polar surface area (TPSA) is 67.2 Å². The van der Waals surface area contributed by atoms with Gasteiger partial charge in [0.1, 0.15) is 0 Å². The number of aryl methyl sites for hydroxylation is 1. The molecule has 1 N–H and O–H groups in total. The van der Waals surface area contributed by atoms with E-state index in [9.17, 15) is 22.8 Å². The van der Waals surface area contributed by atoms with Gasteiger partial charge in [-0.2, -0.15) is 13.2 Å². The summed E-state index contributed by atoms with van der Waals surface area (Å²) in [5.74, 6) is -4.48. The summed E-state index contributed by atoms with van der Waals surface area (Å²) in [5, 5.41) is 8.30. The van der Waals surface area contributed by atoms with E-state index in [1.807, 2.05) is 43.3 Å². The Morgan fingerprint density at radius 2 is 1.69 bits per heavy atom. The molecule has 0 aliphatic carbocycles. The van der Waals surface area contributed by atoms with Gasteiger partial charge in [-0.25, -0.2) is 4.79 Å². The zero-order valence-corrected chi connectivity index (χ0v) is 16.2. The van der Waals surface area contributed by atoms with Gasteiger partial charge in [0.25, 0.3) is 0 Å². The van der Waals surface area contributed by atoms with Crippen molar-refractivity contribution in [2.75, 3.05) is 0 Å². The smallest absolute Gasteiger partial charge is 0.386 e. The van der Waals surface area contributed by atoms with Crippen LogP contribution in [0, 0.1) is 18.3 Å². The standard InChI is InChI=1S/C22H22F3NO3/c1-3-16(13-19(27)29-21(28)22(23,24)25)20(26)17-10-8-15(9-11-17)12-18-7-5-4-6-14(18)2/h4-11,16,26H,3,12-13H2,1-2H3/t16-/m0/s1. The molecule has 1 atom stereocenters. The van der Waals surface area contributed by atoms with E-state index in [0.29, 0.717) is 12.0 Å². The number of halogens is 3. The molecule has 0 saturated heterocycles. The highest BCUT2D eigenvalue weighted by Gasteiger charge is 2.42. The lowest BCUT2D eigenvalue weighted by molar-refractivity contribution is -0.202. The molecule has 0 heterocycles. The van der Waals surface area contributed by atoms with Gasteiger partial charge in [0.05, 0.1) is 6.42 Å². The highest BCUT2D eigenvalue weighted by molar-refractivity contribution is 6.02. The minimum absolute atomic E-state index is 0.117. The van der Waals surface area contributed by atoms with Gasteiger partial charge in [-0.3, -0.25) is 4.79 Å². The lowest BCUT2D eigenvalue weighted by Crippen LogP contribution is -2.29. The van der Waals surface area contributed by atoms with Gasteiger partial charge in [0, 0.05) is 11.6 Å². The summed E-state index contributed by atoms with van der Waals surface area (Å²) in [5.41, 5.74) is 4.12. The van der Waals surface area contributed by atoms with Crippen LogP contribution in [0.25, 0.3) is 0 Å². The molecule has 29 heavy (non-hydrogen) atoms. The third-order valence-electron chi connectivity index (χ3n) is 4.67. The molecule has 2 aromatic rings. The molecule has 4 nitrogen and oxygen atoms in total. The fraction of sp³-hybridized carbons (Fsp3) is 0.318. The highest BCUT2D eigenvalue weighted by Crippen LogP contribution is 2.21. The summed E-state index contributed by atoms with van der Waals surface area (Å²) in [6.45, 7) is 3.75. The normalized spacial score (nSPS) is 12.3. The number of esters is 2. The predicted octanol–water partition coefficient (Wildman–Crippen LogP) is 5.00. The van der Waals surface area contributed by atoms with Gasteiger partial charge in [-0.15, -0.1) is 0 Å². The summed E-state index contributed by atoms with van der Waals surface area (Å²) >= 11 is 0. The Morgan fingerprint density at radius 1 is 1.07 bits per heavy atom. The minimum Gasteiger partial charge on any atom is -0.386 e. The van der Waals surface area contributed by atoms with Crippen molar-refractivity contribution in [2.45, 2.75) is 39.3 Å². The first-order valence-corrected chi connectivity index (χ1v) is 9.16. The largest absolute Gasteiger partial charge is 0.491 e. The Balaban J connectivity index is 2.03. The fourth-order valence-electron chi connectivity index (χ4n) is 2.92. The van der Waals surface area contributed by atoms with Gasteiger partial charge >= 0.3 is 18.1 Å². The molecule has 154 valence electrons. The second-order valence-electron chi connectivity index (χ2n) is 6.78. The lowest BCUT2D eigenvalue weighted by Gasteiger charge is -2.16. The first-order chi connectivity index (χ1) is 13.6. The molecule has 2 rings (SSSR count). The number of benzene rings is 2. The van der Waals surface area contributed by atoms with Crippen LogP contribution in [-0.4, -0.2) is 23.8 Å². The molecule has 0 aliphatic rings. The second-order valence-corrected chi connectivity index (χ2v) is 6.78. The number of carbonyl (C=O) groups is 2. The Bertz CT molecular complexity index is 889. The minimum atomic E-state index is -5.22. The van der Waals surface area contributed by atoms with Gasteiger partial charge in [-0.1, -0.05) is 55.5 Å². The van der Waals surface area contributed by atoms with E-state index < -0.39 is 30.5 Å². The summed E-state index contributed by atoms with van der Waals surface area (Å²) in [7, 11) is 0. The zero-order chi connectivity index (χ0) is 21.6. The van der Waals surface area contributed by atoms with Crippen LogP contribution in [0.2, 0.25) is 0 Å². The van der Waals surface area contributed by atoms with E-state index in [1.54, 1.807) is 19.1 Å². The molecule has 0 aliphatic heterocycles. The van der Waals surface area contributed by atoms with Crippen LogP contribution in [0.1, 0.15) is 42.0 Å². The molecule has 7 heteroatoms. The van der Waals surface area contributed by atoms with Crippen LogP contribution in [0.15, 0.2) is 48.5 Å². The average Bonchev–Trinajstić information content (AvgIpc) is 2.67. The summed E-state index contributed by atoms with van der Waals surface area (Å²) in [6, 6.07) is 15.3. The first kappa shape index (κ1) is 22.3. The number of alkyl halides is 3. The van der Waals surface area contributed by atoms with Crippen molar-refractivity contribution >= 4 is 17.7 Å². The molecule has 2 aromatic carbocycles. The maximum atomic E-state index is 12.2. The van der Waals surface area contributed by atoms with Crippen molar-refractivity contribution in [1.29, 1.82) is 5.41 Å². The Morgan fingerprint density at radius 3 is 2.24 bits per heavy atom. The number of carbonyl (C=O) groups excluding carboxylic acids is 2. The third kappa shape index (κ3) is 6.27. The number of ether oxygens (including phenoxy) is 1. The van der Waals surface area contributed by atoms with E-state index in [2.05, 4.69) is 4.74 Å². The molecule has 0 saturated carbocycles. The number of nitrogens with one attached hydrogen (secondary N) is 1. The molecule has 0 fully saturated rings. The van der Waals surface area contributed by atoms with Crippen LogP contribution in [0.4, 0.5) is 13.2 Å². The van der Waals surface area contributed by atoms with Crippen molar-refractivity contribution in [3.05, 3.63) is 70.8 Å². The van der Waals surface area contributed by atoms with Crippen molar-refractivity contribution < 1.29 is 27.5 Å². The van der Waals surface area contributed by atoms with Crippen molar-refractivity contribution in [3.63, 3.8) is 0 Å². The summed E-state index contributed by atoms with van der Waals surface area (Å²) in [4.78, 5) is 22.4. The number of hydrogen-bond acceptors (Lipinski definition) is 4. The van der Waals surface area contributed by atoms with Crippen LogP contribution >= 0.6 is 0 Å². The van der Waals surface area contributed by atoms with E-state index in [-0.39, 0.29) is 5.71 Å². The van der Waals surface area contributed by atoms with Crippen LogP contribution in [0.5, 0.6) is 0 Å². The SMILES string of the molecule is CC[C@@H](CC(=O)OC(=O)C(F)(F)F)C(=N)c1ccc(Cc2ccccc2C)cc1. The second kappa shape index (κ2) is 9.49. The van der Waals surface area contributed by atoms with Crippen molar-refractivity contribution in [3.8, 4) is 0 Å². The van der Waals surface area contributed by atoms with E-state index in [4.69, 9.17) is 5.41 Å². The molecule has 0 amide bonds. The molecule has 0 unspecified atom stereocenters. The maximum Gasteiger partial charge on any atom is 0.491 e. The Labute approximate surface area is 167 Å². The van der Waals surface area contributed by atoms with E-state index >= 15 is 0 Å². The molecule has 0 bridgehead atoms. The highest BCUT2D eigenvalue weighted by atomic mass is 19.4. The molecular weight excluding hydrogens is 383 g/mol. The summed E-state index contributed by atoms with van der Waals surface area (Å²) in [6.07, 6.45) is -4.61. The van der Waals surface area contributed by atoms with Gasteiger partial charge in [0.2, 0.25) is 0 Å². The Hall–Kier alpha value is -2.96. The molecule has 0 radical (unpaired) electrons. The maximum absolute atomic E-state index is 12.2. The Kier molecular flexibility index (Phi) is 7.31. The molecular formula is C22H22F3NO3. The van der Waals surface area contributed by atoms with Crippen molar-refractivity contribution in [2.24, 2.45) is 5.92 Å². The first-order valence-electron chi connectivity index (χ1n) is 9.16. The average molecular weight is 405 g/mol. The van der Waals surface area contributed by atoms with Crippen LogP contribution in [0.3, 0.4) is 0 Å². The number of rotatable bonds is 7. The van der Waals surface area contributed by atoms with Gasteiger partial charge in [-0.05, 0) is 42.0 Å². The van der Waals surface area contributed by atoms with E-state index in [1.165, 1.54) is 11.1 Å².